The summed E-state index contributed by atoms with van der Waals surface area (Å²) >= 11 is 1.85. The Bertz CT molecular complexity index is 631. The molecule has 0 unspecified atom stereocenters. The molecule has 1 aliphatic rings. The lowest BCUT2D eigenvalue weighted by Crippen LogP contribution is -2.42. The molecule has 110 valence electrons. The standard InChI is InChI=1S/C12H14INO5S/c13-11-4-3-9(6-10(11)12(16)17)20(18,19)14-5-1-2-8(15)7-14/h3-4,6,8,15H,1-2,5,7H2,(H,16,17)/t8-/m0/s1. The lowest BCUT2D eigenvalue weighted by atomic mass is 10.1. The van der Waals surface area contributed by atoms with Crippen LogP contribution in [0.3, 0.4) is 0 Å². The molecule has 6 nitrogen and oxygen atoms in total. The van der Waals surface area contributed by atoms with Crippen LogP contribution in [0.1, 0.15) is 23.2 Å². The molecule has 0 spiro atoms. The van der Waals surface area contributed by atoms with E-state index in [9.17, 15) is 18.3 Å². The molecule has 1 aromatic carbocycles. The van der Waals surface area contributed by atoms with Gasteiger partial charge in [-0.1, -0.05) is 0 Å². The Hall–Kier alpha value is -0.710. The second-order valence-electron chi connectivity index (χ2n) is 4.61. The molecule has 20 heavy (non-hydrogen) atoms. The molecule has 0 aromatic heterocycles. The molecule has 0 bridgehead atoms. The summed E-state index contributed by atoms with van der Waals surface area (Å²) in [5.74, 6) is -1.16. The summed E-state index contributed by atoms with van der Waals surface area (Å²) in [7, 11) is -3.76. The third-order valence-corrected chi connectivity index (χ3v) is 5.97. The number of aliphatic hydroxyl groups is 1. The van der Waals surface area contributed by atoms with E-state index in [0.29, 0.717) is 23.0 Å². The highest BCUT2D eigenvalue weighted by Gasteiger charge is 2.30. The molecular formula is C12H14INO5S. The Labute approximate surface area is 130 Å². The number of sulfonamides is 1. The van der Waals surface area contributed by atoms with Crippen molar-refractivity contribution in [3.63, 3.8) is 0 Å². The number of aromatic carboxylic acids is 1. The van der Waals surface area contributed by atoms with Crippen molar-refractivity contribution in [3.8, 4) is 0 Å². The minimum Gasteiger partial charge on any atom is -0.478 e. The van der Waals surface area contributed by atoms with Crippen LogP contribution in [0.2, 0.25) is 0 Å². The molecule has 1 atom stereocenters. The minimum absolute atomic E-state index is 0.0377. The number of halogens is 1. The van der Waals surface area contributed by atoms with Crippen molar-refractivity contribution in [3.05, 3.63) is 27.3 Å². The second-order valence-corrected chi connectivity index (χ2v) is 7.71. The molecule has 2 rings (SSSR count). The van der Waals surface area contributed by atoms with Crippen molar-refractivity contribution in [2.75, 3.05) is 13.1 Å². The van der Waals surface area contributed by atoms with E-state index in [2.05, 4.69) is 0 Å². The molecule has 0 aliphatic carbocycles. The van der Waals surface area contributed by atoms with Gasteiger partial charge in [0.25, 0.3) is 0 Å². The van der Waals surface area contributed by atoms with Crippen molar-refractivity contribution < 1.29 is 23.4 Å². The molecule has 1 heterocycles. The first-order chi connectivity index (χ1) is 9.32. The van der Waals surface area contributed by atoms with Gasteiger partial charge in [0.1, 0.15) is 0 Å². The van der Waals surface area contributed by atoms with Gasteiger partial charge in [-0.3, -0.25) is 0 Å². The molecule has 0 radical (unpaired) electrons. The number of nitrogens with zero attached hydrogens (tertiary/aromatic N) is 1. The van der Waals surface area contributed by atoms with Gasteiger partial charge in [0.2, 0.25) is 10.0 Å². The van der Waals surface area contributed by atoms with E-state index in [4.69, 9.17) is 5.11 Å². The topological polar surface area (TPSA) is 94.9 Å². The van der Waals surface area contributed by atoms with Crippen LogP contribution in [-0.2, 0) is 10.0 Å². The Morgan fingerprint density at radius 2 is 2.10 bits per heavy atom. The number of carbonyl (C=O) groups is 1. The van der Waals surface area contributed by atoms with Gasteiger partial charge in [0, 0.05) is 16.7 Å². The number of hydrogen-bond donors (Lipinski definition) is 2. The molecule has 1 saturated heterocycles. The van der Waals surface area contributed by atoms with Crippen molar-refractivity contribution in [2.24, 2.45) is 0 Å². The lowest BCUT2D eigenvalue weighted by molar-refractivity contribution is 0.0695. The van der Waals surface area contributed by atoms with Crippen LogP contribution >= 0.6 is 22.6 Å². The minimum atomic E-state index is -3.76. The second kappa shape index (κ2) is 5.96. The molecule has 2 N–H and O–H groups in total. The number of carboxylic acids is 1. The average molecular weight is 411 g/mol. The zero-order chi connectivity index (χ0) is 14.9. The van der Waals surface area contributed by atoms with Gasteiger partial charge in [-0.05, 0) is 53.6 Å². The predicted molar refractivity (Wildman–Crippen MR) is 80.1 cm³/mol. The first-order valence-corrected chi connectivity index (χ1v) is 8.55. The summed E-state index contributed by atoms with van der Waals surface area (Å²) in [5, 5.41) is 18.6. The highest BCUT2D eigenvalue weighted by molar-refractivity contribution is 14.1. The number of β-amino-alcohol motifs (C(OH)–C–C–N with tert-alkyl or cyclic N) is 1. The molecule has 1 aromatic rings. The van der Waals surface area contributed by atoms with Gasteiger partial charge in [0.15, 0.2) is 0 Å². The first-order valence-electron chi connectivity index (χ1n) is 6.03. The van der Waals surface area contributed by atoms with Gasteiger partial charge in [0.05, 0.1) is 16.6 Å². The van der Waals surface area contributed by atoms with Gasteiger partial charge in [-0.15, -0.1) is 0 Å². The van der Waals surface area contributed by atoms with Gasteiger partial charge in [-0.2, -0.15) is 4.31 Å². The number of aliphatic hydroxyl groups excluding tert-OH is 1. The Morgan fingerprint density at radius 3 is 2.70 bits per heavy atom. The maximum atomic E-state index is 12.4. The summed E-state index contributed by atoms with van der Waals surface area (Å²) in [6, 6.07) is 4.03. The maximum absolute atomic E-state index is 12.4. The molecule has 0 saturated carbocycles. The summed E-state index contributed by atoms with van der Waals surface area (Å²) < 4.78 is 26.6. The molecule has 8 heteroatoms. The fourth-order valence-electron chi connectivity index (χ4n) is 2.12. The van der Waals surface area contributed by atoms with Crippen LogP contribution in [0.5, 0.6) is 0 Å². The van der Waals surface area contributed by atoms with E-state index in [1.54, 1.807) is 0 Å². The van der Waals surface area contributed by atoms with E-state index < -0.39 is 22.1 Å². The third-order valence-electron chi connectivity index (χ3n) is 3.17. The van der Waals surface area contributed by atoms with Crippen LogP contribution in [0.4, 0.5) is 0 Å². The third kappa shape index (κ3) is 3.13. The highest BCUT2D eigenvalue weighted by atomic mass is 127. The number of carboxylic acid groups (broad SMARTS) is 1. The number of hydrogen-bond acceptors (Lipinski definition) is 4. The van der Waals surface area contributed by atoms with E-state index in [1.165, 1.54) is 22.5 Å². The van der Waals surface area contributed by atoms with Crippen molar-refractivity contribution >= 4 is 38.6 Å². The largest absolute Gasteiger partial charge is 0.478 e. The van der Waals surface area contributed by atoms with Crippen LogP contribution < -0.4 is 0 Å². The van der Waals surface area contributed by atoms with E-state index in [1.807, 2.05) is 22.6 Å². The van der Waals surface area contributed by atoms with E-state index in [-0.39, 0.29) is 17.0 Å². The van der Waals surface area contributed by atoms with Crippen LogP contribution in [0.15, 0.2) is 23.1 Å². The van der Waals surface area contributed by atoms with Gasteiger partial charge < -0.3 is 10.2 Å². The van der Waals surface area contributed by atoms with Crippen LogP contribution in [0.25, 0.3) is 0 Å². The Balaban J connectivity index is 2.39. The zero-order valence-corrected chi connectivity index (χ0v) is 13.5. The lowest BCUT2D eigenvalue weighted by Gasteiger charge is -2.29. The molecular weight excluding hydrogens is 397 g/mol. The van der Waals surface area contributed by atoms with Crippen molar-refractivity contribution in [1.29, 1.82) is 0 Å². The maximum Gasteiger partial charge on any atom is 0.336 e. The monoisotopic (exact) mass is 411 g/mol. The van der Waals surface area contributed by atoms with E-state index in [0.717, 1.165) is 0 Å². The van der Waals surface area contributed by atoms with Gasteiger partial charge >= 0.3 is 5.97 Å². The fourth-order valence-corrected chi connectivity index (χ4v) is 4.23. The smallest absolute Gasteiger partial charge is 0.336 e. The number of piperidine rings is 1. The summed E-state index contributed by atoms with van der Waals surface area (Å²) in [6.07, 6.45) is 0.511. The molecule has 0 amide bonds. The van der Waals surface area contributed by atoms with E-state index >= 15 is 0 Å². The molecule has 1 fully saturated rings. The number of benzene rings is 1. The summed E-state index contributed by atoms with van der Waals surface area (Å²) in [6.45, 7) is 0.393. The van der Waals surface area contributed by atoms with Crippen LogP contribution in [-0.4, -0.2) is 48.1 Å². The van der Waals surface area contributed by atoms with Crippen molar-refractivity contribution in [2.45, 2.75) is 23.8 Å². The average Bonchev–Trinajstić information content (AvgIpc) is 2.38. The first kappa shape index (κ1) is 15.7. The normalized spacial score (nSPS) is 20.8. The predicted octanol–water partition coefficient (Wildman–Crippen LogP) is 1.13. The summed E-state index contributed by atoms with van der Waals surface area (Å²) in [5.41, 5.74) is -0.0377. The number of rotatable bonds is 3. The quantitative estimate of drug-likeness (QED) is 0.728. The fraction of sp³-hybridized carbons (Fsp3) is 0.417. The molecule has 1 aliphatic heterocycles. The zero-order valence-electron chi connectivity index (χ0n) is 10.5. The van der Waals surface area contributed by atoms with Gasteiger partial charge in [-0.25, -0.2) is 13.2 Å². The SMILES string of the molecule is O=C(O)c1cc(S(=O)(=O)N2CCC[C@H](O)C2)ccc1I. The Morgan fingerprint density at radius 1 is 1.40 bits per heavy atom. The Kier molecular flexibility index (Phi) is 4.67. The highest BCUT2D eigenvalue weighted by Crippen LogP contribution is 2.23. The summed E-state index contributed by atoms with van der Waals surface area (Å²) in [4.78, 5) is 11.0. The van der Waals surface area contributed by atoms with Crippen LogP contribution in [0, 0.1) is 3.57 Å². The van der Waals surface area contributed by atoms with Crippen molar-refractivity contribution in [1.82, 2.24) is 4.31 Å².